The predicted octanol–water partition coefficient (Wildman–Crippen LogP) is 1.83. The molecule has 20 heavy (non-hydrogen) atoms. The lowest BCUT2D eigenvalue weighted by Crippen LogP contribution is -2.46. The number of hydrogen-bond donors (Lipinski definition) is 1. The molecule has 0 bridgehead atoms. The third-order valence-electron chi connectivity index (χ3n) is 4.60. The van der Waals surface area contributed by atoms with Crippen molar-refractivity contribution in [3.63, 3.8) is 0 Å². The maximum Gasteiger partial charge on any atom is 0.253 e. The van der Waals surface area contributed by atoms with E-state index in [9.17, 15) is 4.79 Å². The molecule has 4 nitrogen and oxygen atoms in total. The highest BCUT2D eigenvalue weighted by molar-refractivity contribution is 5.94. The first-order valence-electron chi connectivity index (χ1n) is 7.36. The van der Waals surface area contributed by atoms with Crippen molar-refractivity contribution in [3.8, 4) is 5.75 Å². The number of piperidine rings is 1. The van der Waals surface area contributed by atoms with Crippen LogP contribution >= 0.6 is 0 Å². The number of fused-ring (bicyclic) bond motifs is 1. The Hall–Kier alpha value is -1.55. The minimum atomic E-state index is 0.133. The van der Waals surface area contributed by atoms with Crippen LogP contribution in [-0.4, -0.2) is 43.6 Å². The van der Waals surface area contributed by atoms with E-state index >= 15 is 0 Å². The molecular formula is C16H22N2O2. The maximum absolute atomic E-state index is 12.6. The van der Waals surface area contributed by atoms with Crippen LogP contribution in [0.15, 0.2) is 18.2 Å². The molecule has 0 saturated carbocycles. The number of likely N-dealkylation sites (tertiary alicyclic amines) is 1. The fourth-order valence-electron chi connectivity index (χ4n) is 3.37. The SMILES string of the molecule is COc1cc(C(=O)N2CCC3NCCC3C2)ccc1C. The number of carbonyl (C=O) groups excluding carboxylic acids is 1. The van der Waals surface area contributed by atoms with Gasteiger partial charge in [0.15, 0.2) is 0 Å². The standard InChI is InChI=1S/C16H22N2O2/c1-11-3-4-12(9-15(11)20-2)16(19)18-8-6-14-13(10-18)5-7-17-14/h3-4,9,13-14,17H,5-8,10H2,1-2H3. The quantitative estimate of drug-likeness (QED) is 0.894. The molecule has 0 aliphatic carbocycles. The van der Waals surface area contributed by atoms with Gasteiger partial charge in [-0.3, -0.25) is 4.79 Å². The number of ether oxygens (including phenoxy) is 1. The molecular weight excluding hydrogens is 252 g/mol. The summed E-state index contributed by atoms with van der Waals surface area (Å²) in [5, 5.41) is 3.53. The van der Waals surface area contributed by atoms with Gasteiger partial charge in [-0.15, -0.1) is 0 Å². The number of hydrogen-bond acceptors (Lipinski definition) is 3. The van der Waals surface area contributed by atoms with Crippen LogP contribution in [0.1, 0.15) is 28.8 Å². The smallest absolute Gasteiger partial charge is 0.253 e. The van der Waals surface area contributed by atoms with Crippen molar-refractivity contribution in [2.45, 2.75) is 25.8 Å². The van der Waals surface area contributed by atoms with E-state index < -0.39 is 0 Å². The molecule has 3 rings (SSSR count). The van der Waals surface area contributed by atoms with Gasteiger partial charge in [-0.25, -0.2) is 0 Å². The Kier molecular flexibility index (Phi) is 3.66. The summed E-state index contributed by atoms with van der Waals surface area (Å²) in [6.45, 7) is 4.81. The number of benzene rings is 1. The summed E-state index contributed by atoms with van der Waals surface area (Å²) in [5.74, 6) is 1.54. The van der Waals surface area contributed by atoms with E-state index in [4.69, 9.17) is 4.74 Å². The van der Waals surface area contributed by atoms with Gasteiger partial charge in [-0.05, 0) is 49.9 Å². The van der Waals surface area contributed by atoms with Crippen LogP contribution in [0.4, 0.5) is 0 Å². The number of nitrogens with zero attached hydrogens (tertiary/aromatic N) is 1. The molecule has 1 amide bonds. The van der Waals surface area contributed by atoms with E-state index in [2.05, 4.69) is 5.32 Å². The lowest BCUT2D eigenvalue weighted by Gasteiger charge is -2.35. The van der Waals surface area contributed by atoms with E-state index in [0.29, 0.717) is 12.0 Å². The van der Waals surface area contributed by atoms with Gasteiger partial charge in [-0.2, -0.15) is 0 Å². The van der Waals surface area contributed by atoms with Crippen LogP contribution in [0, 0.1) is 12.8 Å². The second kappa shape index (κ2) is 5.44. The summed E-state index contributed by atoms with van der Waals surface area (Å²) < 4.78 is 5.31. The Morgan fingerprint density at radius 2 is 2.25 bits per heavy atom. The molecule has 0 spiro atoms. The Morgan fingerprint density at radius 1 is 1.40 bits per heavy atom. The molecule has 2 saturated heterocycles. The average molecular weight is 274 g/mol. The topological polar surface area (TPSA) is 41.6 Å². The Morgan fingerprint density at radius 3 is 3.05 bits per heavy atom. The number of nitrogens with one attached hydrogen (secondary N) is 1. The molecule has 0 aromatic heterocycles. The molecule has 2 heterocycles. The monoisotopic (exact) mass is 274 g/mol. The van der Waals surface area contributed by atoms with Gasteiger partial charge in [0, 0.05) is 24.7 Å². The van der Waals surface area contributed by atoms with Crippen LogP contribution in [0.2, 0.25) is 0 Å². The summed E-state index contributed by atoms with van der Waals surface area (Å²) in [7, 11) is 1.65. The number of amides is 1. The molecule has 1 aromatic rings. The van der Waals surface area contributed by atoms with Crippen molar-refractivity contribution < 1.29 is 9.53 Å². The largest absolute Gasteiger partial charge is 0.496 e. The molecule has 0 radical (unpaired) electrons. The molecule has 2 aliphatic heterocycles. The van der Waals surface area contributed by atoms with Crippen LogP contribution in [0.25, 0.3) is 0 Å². The average Bonchev–Trinajstić information content (AvgIpc) is 2.94. The van der Waals surface area contributed by atoms with Crippen LogP contribution < -0.4 is 10.1 Å². The van der Waals surface area contributed by atoms with Crippen molar-refractivity contribution in [1.82, 2.24) is 10.2 Å². The van der Waals surface area contributed by atoms with E-state index in [1.54, 1.807) is 7.11 Å². The highest BCUT2D eigenvalue weighted by atomic mass is 16.5. The van der Waals surface area contributed by atoms with E-state index in [1.165, 1.54) is 6.42 Å². The van der Waals surface area contributed by atoms with Crippen LogP contribution in [-0.2, 0) is 0 Å². The third-order valence-corrected chi connectivity index (χ3v) is 4.60. The fourth-order valence-corrected chi connectivity index (χ4v) is 3.37. The van der Waals surface area contributed by atoms with Gasteiger partial charge in [0.25, 0.3) is 5.91 Å². The number of rotatable bonds is 2. The Bertz CT molecular complexity index is 515. The molecule has 2 unspecified atom stereocenters. The van der Waals surface area contributed by atoms with E-state index in [-0.39, 0.29) is 5.91 Å². The van der Waals surface area contributed by atoms with E-state index in [0.717, 1.165) is 42.9 Å². The minimum Gasteiger partial charge on any atom is -0.496 e. The zero-order valence-corrected chi connectivity index (χ0v) is 12.2. The summed E-state index contributed by atoms with van der Waals surface area (Å²) >= 11 is 0. The molecule has 4 heteroatoms. The number of methoxy groups -OCH3 is 1. The van der Waals surface area contributed by atoms with Crippen molar-refractivity contribution >= 4 is 5.91 Å². The Labute approximate surface area is 120 Å². The van der Waals surface area contributed by atoms with Gasteiger partial charge in [-0.1, -0.05) is 6.07 Å². The van der Waals surface area contributed by atoms with Gasteiger partial charge >= 0.3 is 0 Å². The Balaban J connectivity index is 1.75. The lowest BCUT2D eigenvalue weighted by atomic mass is 9.93. The van der Waals surface area contributed by atoms with Crippen LogP contribution in [0.3, 0.4) is 0 Å². The van der Waals surface area contributed by atoms with Gasteiger partial charge in [0.1, 0.15) is 5.75 Å². The molecule has 2 atom stereocenters. The summed E-state index contributed by atoms with van der Waals surface area (Å²) in [6.07, 6.45) is 2.26. The third kappa shape index (κ3) is 2.40. The zero-order chi connectivity index (χ0) is 14.1. The first-order valence-corrected chi connectivity index (χ1v) is 7.36. The van der Waals surface area contributed by atoms with Crippen LogP contribution in [0.5, 0.6) is 5.75 Å². The van der Waals surface area contributed by atoms with E-state index in [1.807, 2.05) is 30.0 Å². The number of aryl methyl sites for hydroxylation is 1. The molecule has 2 fully saturated rings. The molecule has 108 valence electrons. The molecule has 1 N–H and O–H groups in total. The second-order valence-electron chi connectivity index (χ2n) is 5.83. The van der Waals surface area contributed by atoms with Crippen molar-refractivity contribution in [3.05, 3.63) is 29.3 Å². The summed E-state index contributed by atoms with van der Waals surface area (Å²) in [4.78, 5) is 14.6. The lowest BCUT2D eigenvalue weighted by molar-refractivity contribution is 0.0661. The highest BCUT2D eigenvalue weighted by Crippen LogP contribution is 2.26. The minimum absolute atomic E-state index is 0.133. The van der Waals surface area contributed by atoms with Crippen molar-refractivity contribution in [2.24, 2.45) is 5.92 Å². The summed E-state index contributed by atoms with van der Waals surface area (Å²) in [5.41, 5.74) is 1.79. The van der Waals surface area contributed by atoms with Gasteiger partial charge in [0.05, 0.1) is 7.11 Å². The zero-order valence-electron chi connectivity index (χ0n) is 12.2. The van der Waals surface area contributed by atoms with Crippen molar-refractivity contribution in [2.75, 3.05) is 26.7 Å². The normalized spacial score (nSPS) is 25.4. The first kappa shape index (κ1) is 13.4. The number of carbonyl (C=O) groups is 1. The van der Waals surface area contributed by atoms with Gasteiger partial charge in [0.2, 0.25) is 0 Å². The molecule has 1 aromatic carbocycles. The second-order valence-corrected chi connectivity index (χ2v) is 5.83. The summed E-state index contributed by atoms with van der Waals surface area (Å²) in [6, 6.07) is 6.33. The first-order chi connectivity index (χ1) is 9.69. The van der Waals surface area contributed by atoms with Gasteiger partial charge < -0.3 is 15.0 Å². The fraction of sp³-hybridized carbons (Fsp3) is 0.562. The highest BCUT2D eigenvalue weighted by Gasteiger charge is 2.34. The maximum atomic E-state index is 12.6. The van der Waals surface area contributed by atoms with Crippen molar-refractivity contribution in [1.29, 1.82) is 0 Å². The molecule has 2 aliphatic rings. The predicted molar refractivity (Wildman–Crippen MR) is 78.1 cm³/mol.